The van der Waals surface area contributed by atoms with Crippen molar-refractivity contribution in [2.24, 2.45) is 0 Å². The molecule has 1 amide bonds. The van der Waals surface area contributed by atoms with E-state index < -0.39 is 11.5 Å². The highest BCUT2D eigenvalue weighted by Gasteiger charge is 2.17. The smallest absolute Gasteiger partial charge is 0.349 e. The maximum atomic E-state index is 12.4. The largest absolute Gasteiger partial charge is 0.422 e. The van der Waals surface area contributed by atoms with Gasteiger partial charge in [0, 0.05) is 18.5 Å². The van der Waals surface area contributed by atoms with Gasteiger partial charge in [-0.05, 0) is 37.6 Å². The summed E-state index contributed by atoms with van der Waals surface area (Å²) in [6.07, 6.45) is 0. The van der Waals surface area contributed by atoms with Crippen molar-refractivity contribution in [3.63, 3.8) is 0 Å². The number of para-hydroxylation sites is 1. The minimum absolute atomic E-state index is 0.0360. The Morgan fingerprint density at radius 1 is 1.08 bits per heavy atom. The summed E-state index contributed by atoms with van der Waals surface area (Å²) in [5.41, 5.74) is 1.32. The summed E-state index contributed by atoms with van der Waals surface area (Å²) in [4.78, 5) is 24.5. The van der Waals surface area contributed by atoms with Gasteiger partial charge in [0.15, 0.2) is 0 Å². The Morgan fingerprint density at radius 2 is 1.88 bits per heavy atom. The molecule has 0 fully saturated rings. The van der Waals surface area contributed by atoms with Gasteiger partial charge in [0.05, 0.1) is 5.69 Å². The summed E-state index contributed by atoms with van der Waals surface area (Å²) >= 11 is 0. The van der Waals surface area contributed by atoms with Crippen molar-refractivity contribution in [1.82, 2.24) is 15.5 Å². The van der Waals surface area contributed by atoms with Gasteiger partial charge in [-0.3, -0.25) is 4.79 Å². The molecule has 3 rings (SSSR count). The van der Waals surface area contributed by atoms with Crippen molar-refractivity contribution in [3.8, 4) is 0 Å². The van der Waals surface area contributed by atoms with Gasteiger partial charge >= 0.3 is 5.63 Å². The van der Waals surface area contributed by atoms with E-state index in [1.54, 1.807) is 19.1 Å². The van der Waals surface area contributed by atoms with Gasteiger partial charge in [-0.2, -0.15) is 5.10 Å². The molecular weight excluding hydrogens is 320 g/mol. The topological polar surface area (TPSA) is 97.1 Å². The molecule has 0 saturated heterocycles. The highest BCUT2D eigenvalue weighted by atomic mass is 16.4. The van der Waals surface area contributed by atoms with Gasteiger partial charge in [-0.15, -0.1) is 5.10 Å². The van der Waals surface area contributed by atoms with Crippen molar-refractivity contribution >= 4 is 22.7 Å². The van der Waals surface area contributed by atoms with Crippen molar-refractivity contribution in [3.05, 3.63) is 63.6 Å². The normalized spacial score (nSPS) is 10.6. The van der Waals surface area contributed by atoms with Crippen molar-refractivity contribution in [1.29, 1.82) is 0 Å². The standard InChI is InChI=1S/C18H18N4O3/c1-11-7-8-15(22-21-11)19-9-10-20-17(23)16-12(2)13-5-3-4-6-14(13)25-18(16)24/h3-8H,9-10H2,1-2H3,(H,19,22)(H,20,23). The van der Waals surface area contributed by atoms with Crippen molar-refractivity contribution < 1.29 is 9.21 Å². The maximum Gasteiger partial charge on any atom is 0.349 e. The fourth-order valence-electron chi connectivity index (χ4n) is 2.52. The highest BCUT2D eigenvalue weighted by Crippen LogP contribution is 2.18. The quantitative estimate of drug-likeness (QED) is 0.546. The number of fused-ring (bicyclic) bond motifs is 1. The first-order chi connectivity index (χ1) is 12.1. The third-order valence-corrected chi connectivity index (χ3v) is 3.81. The van der Waals surface area contributed by atoms with E-state index in [0.29, 0.717) is 30.1 Å². The molecule has 3 aromatic rings. The second-order valence-electron chi connectivity index (χ2n) is 5.63. The summed E-state index contributed by atoms with van der Waals surface area (Å²) in [5, 5.41) is 14.4. The van der Waals surface area contributed by atoms with E-state index >= 15 is 0 Å². The second-order valence-corrected chi connectivity index (χ2v) is 5.63. The van der Waals surface area contributed by atoms with Crippen LogP contribution in [0.25, 0.3) is 11.0 Å². The maximum absolute atomic E-state index is 12.4. The molecule has 0 bridgehead atoms. The number of aromatic nitrogens is 2. The lowest BCUT2D eigenvalue weighted by Crippen LogP contribution is -2.33. The van der Waals surface area contributed by atoms with Crippen molar-refractivity contribution in [2.45, 2.75) is 13.8 Å². The number of nitrogens with one attached hydrogen (secondary N) is 2. The summed E-state index contributed by atoms with van der Waals surface area (Å²) < 4.78 is 5.23. The van der Waals surface area contributed by atoms with Crippen LogP contribution in [0.15, 0.2) is 45.6 Å². The average molecular weight is 338 g/mol. The van der Waals surface area contributed by atoms with Gasteiger partial charge in [0.2, 0.25) is 0 Å². The molecule has 0 spiro atoms. The molecule has 2 aromatic heterocycles. The van der Waals surface area contributed by atoms with Crippen LogP contribution in [0.4, 0.5) is 5.82 Å². The number of amides is 1. The molecule has 0 atom stereocenters. The molecule has 128 valence electrons. The Morgan fingerprint density at radius 3 is 2.64 bits per heavy atom. The molecule has 0 saturated carbocycles. The number of aryl methyl sites for hydroxylation is 2. The van der Waals surface area contributed by atoms with Gasteiger partial charge in [-0.1, -0.05) is 18.2 Å². The van der Waals surface area contributed by atoms with E-state index in [2.05, 4.69) is 20.8 Å². The third kappa shape index (κ3) is 3.65. The predicted molar refractivity (Wildman–Crippen MR) is 94.8 cm³/mol. The van der Waals surface area contributed by atoms with Crippen LogP contribution in [0.3, 0.4) is 0 Å². The van der Waals surface area contributed by atoms with Gasteiger partial charge in [0.25, 0.3) is 5.91 Å². The van der Waals surface area contributed by atoms with E-state index in [1.807, 2.05) is 31.2 Å². The summed E-state index contributed by atoms with van der Waals surface area (Å²) in [5.74, 6) is 0.176. The van der Waals surface area contributed by atoms with Crippen LogP contribution in [0.1, 0.15) is 21.6 Å². The van der Waals surface area contributed by atoms with Crippen LogP contribution in [0, 0.1) is 13.8 Å². The van der Waals surface area contributed by atoms with Crippen LogP contribution in [0.2, 0.25) is 0 Å². The Hall–Kier alpha value is -3.22. The monoisotopic (exact) mass is 338 g/mol. The molecular formula is C18H18N4O3. The average Bonchev–Trinajstić information content (AvgIpc) is 2.60. The minimum Gasteiger partial charge on any atom is -0.422 e. The van der Waals surface area contributed by atoms with E-state index in [1.165, 1.54) is 0 Å². The van der Waals surface area contributed by atoms with Gasteiger partial charge in [0.1, 0.15) is 17.0 Å². The SMILES string of the molecule is Cc1ccc(NCCNC(=O)c2c(C)c3ccccc3oc2=O)nn1. The van der Waals surface area contributed by atoms with Crippen LogP contribution >= 0.6 is 0 Å². The first kappa shape index (κ1) is 16.6. The molecule has 0 aliphatic carbocycles. The number of benzene rings is 1. The zero-order valence-electron chi connectivity index (χ0n) is 14.0. The Labute approximate surface area is 144 Å². The van der Waals surface area contributed by atoms with E-state index in [0.717, 1.165) is 11.1 Å². The van der Waals surface area contributed by atoms with Crippen molar-refractivity contribution in [2.75, 3.05) is 18.4 Å². The van der Waals surface area contributed by atoms with E-state index in [9.17, 15) is 9.59 Å². The summed E-state index contributed by atoms with van der Waals surface area (Å²) in [7, 11) is 0. The zero-order valence-corrected chi connectivity index (χ0v) is 14.0. The molecule has 2 heterocycles. The molecule has 0 unspecified atom stereocenters. The number of carbonyl (C=O) groups excluding carboxylic acids is 1. The molecule has 0 aliphatic rings. The predicted octanol–water partition coefficient (Wildman–Crippen LogP) is 2.04. The number of anilines is 1. The number of nitrogens with zero attached hydrogens (tertiary/aromatic N) is 2. The van der Waals surface area contributed by atoms with E-state index in [4.69, 9.17) is 4.42 Å². The molecule has 2 N–H and O–H groups in total. The van der Waals surface area contributed by atoms with Crippen LogP contribution < -0.4 is 16.3 Å². The molecule has 7 heteroatoms. The lowest BCUT2D eigenvalue weighted by molar-refractivity contribution is 0.0951. The fourth-order valence-corrected chi connectivity index (χ4v) is 2.52. The molecule has 1 aromatic carbocycles. The van der Waals surface area contributed by atoms with Crippen LogP contribution in [-0.4, -0.2) is 29.2 Å². The lowest BCUT2D eigenvalue weighted by Gasteiger charge is -2.09. The first-order valence-electron chi connectivity index (χ1n) is 7.91. The Kier molecular flexibility index (Phi) is 4.74. The summed E-state index contributed by atoms with van der Waals surface area (Å²) in [6, 6.07) is 10.8. The number of carbonyl (C=O) groups is 1. The van der Waals surface area contributed by atoms with Crippen LogP contribution in [0.5, 0.6) is 0 Å². The molecule has 0 radical (unpaired) electrons. The van der Waals surface area contributed by atoms with E-state index in [-0.39, 0.29) is 5.56 Å². The lowest BCUT2D eigenvalue weighted by atomic mass is 10.1. The number of rotatable bonds is 5. The van der Waals surface area contributed by atoms with Gasteiger partial charge < -0.3 is 15.1 Å². The Bertz CT molecular complexity index is 964. The number of hydrogen-bond acceptors (Lipinski definition) is 6. The molecule has 25 heavy (non-hydrogen) atoms. The summed E-state index contributed by atoms with van der Waals surface area (Å²) in [6.45, 7) is 4.39. The first-order valence-corrected chi connectivity index (χ1v) is 7.91. The third-order valence-electron chi connectivity index (χ3n) is 3.81. The molecule has 7 nitrogen and oxygen atoms in total. The fraction of sp³-hybridized carbons (Fsp3) is 0.222. The zero-order chi connectivity index (χ0) is 17.8. The number of hydrogen-bond donors (Lipinski definition) is 2. The highest BCUT2D eigenvalue weighted by molar-refractivity contribution is 5.99. The van der Waals surface area contributed by atoms with Crippen LogP contribution in [-0.2, 0) is 0 Å². The van der Waals surface area contributed by atoms with Gasteiger partial charge in [-0.25, -0.2) is 4.79 Å². The second kappa shape index (κ2) is 7.12. The minimum atomic E-state index is -0.633. The Balaban J connectivity index is 1.66. The molecule has 0 aliphatic heterocycles.